The average molecular weight is 570 g/mol. The molecule has 3 aliphatic heterocycles. The molecule has 7 rings (SSSR count). The van der Waals surface area contributed by atoms with Crippen molar-refractivity contribution in [3.63, 3.8) is 0 Å². The fraction of sp³-hybridized carbons (Fsp3) is 0.515. The van der Waals surface area contributed by atoms with Crippen LogP contribution in [0.4, 0.5) is 4.79 Å². The maximum atomic E-state index is 12.9. The Morgan fingerprint density at radius 1 is 1.05 bits per heavy atom. The van der Waals surface area contributed by atoms with E-state index in [0.717, 1.165) is 70.8 Å². The number of hydrogen-bond acceptors (Lipinski definition) is 6. The molecule has 1 aromatic heterocycles. The smallest absolute Gasteiger partial charge is 0.488 e. The van der Waals surface area contributed by atoms with E-state index in [2.05, 4.69) is 63.0 Å². The van der Waals surface area contributed by atoms with Gasteiger partial charge in [0, 0.05) is 28.9 Å². The number of rotatable bonds is 2. The van der Waals surface area contributed by atoms with E-state index in [9.17, 15) is 4.79 Å². The Labute approximate surface area is 248 Å². The third-order valence-electron chi connectivity index (χ3n) is 9.45. The highest BCUT2D eigenvalue weighted by Gasteiger charge is 2.52. The SMILES string of the molecule is CC(C)(C)OC(=O)N1CCC[C@H]1c1nc2c([nH]1)CCc1c-2ccc2c1OCc1cc(B3OC(C)(C)C(C)(C)O3)ccc1-2. The van der Waals surface area contributed by atoms with Crippen molar-refractivity contribution in [2.75, 3.05) is 6.54 Å². The van der Waals surface area contributed by atoms with Crippen LogP contribution < -0.4 is 10.2 Å². The van der Waals surface area contributed by atoms with Gasteiger partial charge in [0.25, 0.3) is 0 Å². The highest BCUT2D eigenvalue weighted by molar-refractivity contribution is 6.62. The summed E-state index contributed by atoms with van der Waals surface area (Å²) in [5.41, 5.74) is 7.55. The summed E-state index contributed by atoms with van der Waals surface area (Å²) < 4.78 is 24.8. The van der Waals surface area contributed by atoms with Gasteiger partial charge in [0.05, 0.1) is 22.9 Å². The number of likely N-dealkylation sites (tertiary alicyclic amines) is 1. The summed E-state index contributed by atoms with van der Waals surface area (Å²) in [6, 6.07) is 10.7. The van der Waals surface area contributed by atoms with E-state index in [1.165, 1.54) is 11.1 Å². The molecule has 9 heteroatoms. The zero-order valence-corrected chi connectivity index (χ0v) is 25.7. The van der Waals surface area contributed by atoms with Gasteiger partial charge >= 0.3 is 13.2 Å². The molecule has 1 amide bonds. The fourth-order valence-corrected chi connectivity index (χ4v) is 6.58. The third kappa shape index (κ3) is 4.44. The lowest BCUT2D eigenvalue weighted by Crippen LogP contribution is -2.41. The zero-order valence-electron chi connectivity index (χ0n) is 25.7. The van der Waals surface area contributed by atoms with Crippen LogP contribution in [0.25, 0.3) is 22.4 Å². The van der Waals surface area contributed by atoms with Crippen LogP contribution in [0.15, 0.2) is 30.3 Å². The number of carbonyl (C=O) groups is 1. The number of carbonyl (C=O) groups excluding carboxylic acids is 1. The summed E-state index contributed by atoms with van der Waals surface area (Å²) in [6.45, 7) is 15.2. The van der Waals surface area contributed by atoms with Crippen LogP contribution in [-0.2, 0) is 33.5 Å². The molecule has 220 valence electrons. The zero-order chi connectivity index (χ0) is 29.6. The summed E-state index contributed by atoms with van der Waals surface area (Å²) >= 11 is 0. The molecule has 4 heterocycles. The molecule has 0 saturated carbocycles. The number of benzene rings is 2. The number of H-pyrrole nitrogens is 1. The summed E-state index contributed by atoms with van der Waals surface area (Å²) in [6.07, 6.45) is 3.25. The van der Waals surface area contributed by atoms with E-state index < -0.39 is 12.7 Å². The van der Waals surface area contributed by atoms with Crippen LogP contribution >= 0.6 is 0 Å². The largest absolute Gasteiger partial charge is 0.494 e. The topological polar surface area (TPSA) is 85.9 Å². The number of aromatic nitrogens is 2. The molecule has 42 heavy (non-hydrogen) atoms. The quantitative estimate of drug-likeness (QED) is 0.375. The first kappa shape index (κ1) is 27.5. The predicted octanol–water partition coefficient (Wildman–Crippen LogP) is 6.11. The van der Waals surface area contributed by atoms with Crippen LogP contribution in [-0.4, -0.2) is 51.4 Å². The van der Waals surface area contributed by atoms with Gasteiger partial charge in [-0.15, -0.1) is 0 Å². The number of fused-ring (bicyclic) bond motifs is 7. The minimum Gasteiger partial charge on any atom is -0.488 e. The third-order valence-corrected chi connectivity index (χ3v) is 9.45. The second kappa shape index (κ2) is 9.35. The summed E-state index contributed by atoms with van der Waals surface area (Å²) in [7, 11) is -0.399. The van der Waals surface area contributed by atoms with Crippen molar-refractivity contribution in [2.24, 2.45) is 0 Å². The van der Waals surface area contributed by atoms with Crippen LogP contribution in [0.1, 0.15) is 90.0 Å². The van der Waals surface area contributed by atoms with Gasteiger partial charge < -0.3 is 23.8 Å². The summed E-state index contributed by atoms with van der Waals surface area (Å²) in [5, 5.41) is 0. The first-order valence-electron chi connectivity index (χ1n) is 15.2. The Hall–Kier alpha value is -3.30. The summed E-state index contributed by atoms with van der Waals surface area (Å²) in [4.78, 5) is 23.4. The van der Waals surface area contributed by atoms with Crippen molar-refractivity contribution in [3.8, 4) is 28.1 Å². The summed E-state index contributed by atoms with van der Waals surface area (Å²) in [5.74, 6) is 1.80. The minimum absolute atomic E-state index is 0.104. The van der Waals surface area contributed by atoms with Crippen molar-refractivity contribution in [2.45, 2.75) is 104 Å². The Morgan fingerprint density at radius 2 is 1.76 bits per heavy atom. The minimum atomic E-state index is -0.531. The molecule has 0 unspecified atom stereocenters. The second-order valence-electron chi connectivity index (χ2n) is 14.0. The highest BCUT2D eigenvalue weighted by atomic mass is 16.7. The molecule has 0 bridgehead atoms. The Bertz CT molecular complexity index is 1570. The lowest BCUT2D eigenvalue weighted by molar-refractivity contribution is 0.00578. The number of imidazole rings is 1. The first-order chi connectivity index (χ1) is 19.8. The van der Waals surface area contributed by atoms with Gasteiger partial charge in [-0.05, 0) is 96.8 Å². The number of ether oxygens (including phenoxy) is 2. The van der Waals surface area contributed by atoms with Gasteiger partial charge in [-0.2, -0.15) is 0 Å². The van der Waals surface area contributed by atoms with Crippen molar-refractivity contribution in [3.05, 3.63) is 53.0 Å². The van der Waals surface area contributed by atoms with Gasteiger partial charge in [-0.25, -0.2) is 9.78 Å². The van der Waals surface area contributed by atoms with E-state index in [4.69, 9.17) is 23.8 Å². The number of amides is 1. The van der Waals surface area contributed by atoms with Gasteiger partial charge in [0.1, 0.15) is 23.8 Å². The van der Waals surface area contributed by atoms with E-state index in [1.54, 1.807) is 0 Å². The maximum Gasteiger partial charge on any atom is 0.494 e. The molecular weight excluding hydrogens is 529 g/mol. The normalized spacial score (nSPS) is 21.7. The number of aromatic amines is 1. The molecule has 1 N–H and O–H groups in total. The van der Waals surface area contributed by atoms with Crippen molar-refractivity contribution < 1.29 is 23.6 Å². The molecule has 8 nitrogen and oxygen atoms in total. The van der Waals surface area contributed by atoms with E-state index in [1.807, 2.05) is 25.7 Å². The lowest BCUT2D eigenvalue weighted by atomic mass is 9.76. The molecule has 0 spiro atoms. The van der Waals surface area contributed by atoms with Crippen LogP contribution in [0.5, 0.6) is 5.75 Å². The Morgan fingerprint density at radius 3 is 2.50 bits per heavy atom. The molecule has 0 radical (unpaired) electrons. The van der Waals surface area contributed by atoms with Crippen molar-refractivity contribution in [1.29, 1.82) is 0 Å². The molecule has 1 aliphatic carbocycles. The standard InChI is InChI=1S/C33H40BN3O5/c1-31(2,3)40-30(38)37-16-8-9-26(37)29-35-25-15-14-24-22(27(25)36-29)12-13-23-21-11-10-20(17-19(21)18-39-28(23)24)34-41-32(4,5)33(6,7)42-34/h10-13,17,26H,8-9,14-16,18H2,1-7H3,(H,35,36)/t26-/m0/s1. The number of aryl methyl sites for hydroxylation is 1. The molecule has 2 aromatic carbocycles. The van der Waals surface area contributed by atoms with Crippen LogP contribution in [0, 0.1) is 0 Å². The maximum absolute atomic E-state index is 12.9. The molecule has 1 atom stereocenters. The molecule has 3 aromatic rings. The van der Waals surface area contributed by atoms with Crippen molar-refractivity contribution in [1.82, 2.24) is 14.9 Å². The number of nitrogens with zero attached hydrogens (tertiary/aromatic N) is 2. The molecular formula is C33H40BN3O5. The van der Waals surface area contributed by atoms with Crippen LogP contribution in [0.2, 0.25) is 0 Å². The van der Waals surface area contributed by atoms with Crippen LogP contribution in [0.3, 0.4) is 0 Å². The first-order valence-corrected chi connectivity index (χ1v) is 15.2. The van der Waals surface area contributed by atoms with E-state index in [0.29, 0.717) is 13.2 Å². The van der Waals surface area contributed by atoms with Gasteiger partial charge in [-0.1, -0.05) is 24.3 Å². The predicted molar refractivity (Wildman–Crippen MR) is 162 cm³/mol. The highest BCUT2D eigenvalue weighted by Crippen LogP contribution is 2.47. The van der Waals surface area contributed by atoms with Gasteiger partial charge in [-0.3, -0.25) is 4.90 Å². The molecule has 2 fully saturated rings. The monoisotopic (exact) mass is 569 g/mol. The molecule has 2 saturated heterocycles. The van der Waals surface area contributed by atoms with Gasteiger partial charge in [0.15, 0.2) is 0 Å². The van der Waals surface area contributed by atoms with E-state index in [-0.39, 0.29) is 23.3 Å². The average Bonchev–Trinajstić information content (AvgIpc) is 3.62. The fourth-order valence-electron chi connectivity index (χ4n) is 6.58. The lowest BCUT2D eigenvalue weighted by Gasteiger charge is -2.32. The Kier molecular flexibility index (Phi) is 6.13. The van der Waals surface area contributed by atoms with Crippen molar-refractivity contribution >= 4 is 18.7 Å². The Balaban J connectivity index is 1.18. The van der Waals surface area contributed by atoms with E-state index >= 15 is 0 Å². The second-order valence-corrected chi connectivity index (χ2v) is 14.0. The molecule has 4 aliphatic rings. The number of hydrogen-bond donors (Lipinski definition) is 1. The number of nitrogens with one attached hydrogen (secondary N) is 1. The van der Waals surface area contributed by atoms with Gasteiger partial charge in [0.2, 0.25) is 0 Å².